The number of H-pyrrole nitrogens is 1. The van der Waals surface area contributed by atoms with E-state index in [0.29, 0.717) is 6.04 Å². The number of rotatable bonds is 5. The molecule has 0 spiro atoms. The zero-order valence-corrected chi connectivity index (χ0v) is 14.9. The first-order valence-corrected chi connectivity index (χ1v) is 8.93. The fourth-order valence-corrected chi connectivity index (χ4v) is 3.41. The molecule has 7 heteroatoms. The molecule has 1 aliphatic heterocycles. The maximum absolute atomic E-state index is 6.02. The van der Waals surface area contributed by atoms with Gasteiger partial charge in [-0.3, -0.25) is 4.90 Å². The number of fused-ring (bicyclic) bond motifs is 1. The van der Waals surface area contributed by atoms with Gasteiger partial charge in [0, 0.05) is 24.5 Å². The minimum absolute atomic E-state index is 0.338. The molecule has 4 N–H and O–H groups in total. The first-order chi connectivity index (χ1) is 12.7. The number of aromatic amines is 1. The van der Waals surface area contributed by atoms with Crippen molar-refractivity contribution in [1.82, 2.24) is 19.9 Å². The lowest BCUT2D eigenvalue weighted by molar-refractivity contribution is 0.206. The van der Waals surface area contributed by atoms with Crippen LogP contribution < -0.4 is 15.8 Å². The Balaban J connectivity index is 1.59. The summed E-state index contributed by atoms with van der Waals surface area (Å²) in [5.74, 6) is 1.64. The summed E-state index contributed by atoms with van der Waals surface area (Å²) in [6.07, 6.45) is 5.72. The highest BCUT2D eigenvalue weighted by atomic mass is 16.5. The quantitative estimate of drug-likeness (QED) is 0.654. The number of nitrogens with zero attached hydrogens (tertiary/aromatic N) is 3. The molecule has 0 saturated carbocycles. The smallest absolute Gasteiger partial charge is 0.143 e. The second-order valence-corrected chi connectivity index (χ2v) is 6.73. The number of piperidine rings is 1. The summed E-state index contributed by atoms with van der Waals surface area (Å²) < 4.78 is 5.22. The second-order valence-electron chi connectivity index (χ2n) is 6.73. The predicted molar refractivity (Wildman–Crippen MR) is 103 cm³/mol. The molecule has 2 aromatic heterocycles. The van der Waals surface area contributed by atoms with Crippen molar-refractivity contribution >= 4 is 22.5 Å². The third kappa shape index (κ3) is 3.49. The molecule has 4 rings (SSSR count). The number of ether oxygens (including phenoxy) is 1. The number of benzene rings is 1. The summed E-state index contributed by atoms with van der Waals surface area (Å²) in [5.41, 5.74) is 9.03. The highest BCUT2D eigenvalue weighted by Crippen LogP contribution is 2.28. The number of likely N-dealkylation sites (tertiary alicyclic amines) is 1. The van der Waals surface area contributed by atoms with Gasteiger partial charge in [0.2, 0.25) is 0 Å². The lowest BCUT2D eigenvalue weighted by Crippen LogP contribution is -2.39. The molecule has 26 heavy (non-hydrogen) atoms. The van der Waals surface area contributed by atoms with E-state index < -0.39 is 0 Å². The van der Waals surface area contributed by atoms with E-state index in [0.717, 1.165) is 60.8 Å². The number of anilines is 2. The third-order valence-corrected chi connectivity index (χ3v) is 4.93. The average Bonchev–Trinajstić information content (AvgIpc) is 3.08. The lowest BCUT2D eigenvalue weighted by atomic mass is 10.1. The molecule has 0 aliphatic carbocycles. The highest BCUT2D eigenvalue weighted by molar-refractivity contribution is 5.92. The van der Waals surface area contributed by atoms with Crippen molar-refractivity contribution in [2.75, 3.05) is 25.5 Å². The molecule has 136 valence electrons. The minimum Gasteiger partial charge on any atom is -0.497 e. The molecule has 0 amide bonds. The molecule has 0 bridgehead atoms. The minimum atomic E-state index is 0.338. The highest BCUT2D eigenvalue weighted by Gasteiger charge is 2.19. The Bertz CT molecular complexity index is 867. The van der Waals surface area contributed by atoms with Crippen LogP contribution in [-0.4, -0.2) is 46.1 Å². The summed E-state index contributed by atoms with van der Waals surface area (Å²) >= 11 is 0. The topological polar surface area (TPSA) is 92.1 Å². The molecular weight excluding hydrogens is 328 g/mol. The number of nitrogens with two attached hydrogens (primary N) is 1. The van der Waals surface area contributed by atoms with Crippen LogP contribution in [0.5, 0.6) is 5.75 Å². The Morgan fingerprint density at radius 2 is 2.00 bits per heavy atom. The molecule has 0 unspecified atom stereocenters. The predicted octanol–water partition coefficient (Wildman–Crippen LogP) is 2.63. The van der Waals surface area contributed by atoms with Gasteiger partial charge in [0.15, 0.2) is 0 Å². The van der Waals surface area contributed by atoms with Gasteiger partial charge in [-0.15, -0.1) is 0 Å². The van der Waals surface area contributed by atoms with Crippen LogP contribution in [0.25, 0.3) is 11.0 Å². The van der Waals surface area contributed by atoms with E-state index in [2.05, 4.69) is 25.2 Å². The van der Waals surface area contributed by atoms with Gasteiger partial charge in [-0.05, 0) is 55.8 Å². The maximum Gasteiger partial charge on any atom is 0.143 e. The van der Waals surface area contributed by atoms with E-state index in [1.54, 1.807) is 13.4 Å². The number of aromatic nitrogens is 3. The number of hydrogen-bond donors (Lipinski definition) is 3. The molecule has 1 aromatic carbocycles. The number of hydrogen-bond acceptors (Lipinski definition) is 6. The average molecular weight is 352 g/mol. The van der Waals surface area contributed by atoms with Gasteiger partial charge in [-0.25, -0.2) is 9.97 Å². The summed E-state index contributed by atoms with van der Waals surface area (Å²) in [6, 6.07) is 8.15. The Hall–Kier alpha value is -2.64. The van der Waals surface area contributed by atoms with Crippen molar-refractivity contribution in [2.45, 2.75) is 25.4 Å². The van der Waals surface area contributed by atoms with Crippen molar-refractivity contribution < 1.29 is 4.74 Å². The fraction of sp³-hybridized carbons (Fsp3) is 0.368. The van der Waals surface area contributed by atoms with Gasteiger partial charge in [0.05, 0.1) is 12.5 Å². The van der Waals surface area contributed by atoms with E-state index in [4.69, 9.17) is 10.5 Å². The molecule has 3 aromatic rings. The van der Waals surface area contributed by atoms with Crippen molar-refractivity contribution in [2.24, 2.45) is 5.73 Å². The first-order valence-electron chi connectivity index (χ1n) is 8.93. The zero-order chi connectivity index (χ0) is 17.9. The fourth-order valence-electron chi connectivity index (χ4n) is 3.41. The van der Waals surface area contributed by atoms with Gasteiger partial charge in [-0.2, -0.15) is 0 Å². The van der Waals surface area contributed by atoms with Crippen LogP contribution in [0.2, 0.25) is 0 Å². The van der Waals surface area contributed by atoms with E-state index in [9.17, 15) is 0 Å². The molecule has 0 atom stereocenters. The van der Waals surface area contributed by atoms with E-state index in [1.165, 1.54) is 5.56 Å². The number of nitrogens with one attached hydrogen (secondary N) is 2. The summed E-state index contributed by atoms with van der Waals surface area (Å²) in [6.45, 7) is 2.93. The Labute approximate surface area is 152 Å². The molecule has 1 aliphatic rings. The normalized spacial score (nSPS) is 16.1. The van der Waals surface area contributed by atoms with Crippen LogP contribution in [0.4, 0.5) is 11.5 Å². The lowest BCUT2D eigenvalue weighted by Gasteiger charge is -2.29. The zero-order valence-electron chi connectivity index (χ0n) is 14.9. The van der Waals surface area contributed by atoms with E-state index in [-0.39, 0.29) is 0 Å². The molecule has 1 saturated heterocycles. The number of methoxy groups -OCH3 is 1. The maximum atomic E-state index is 6.02. The van der Waals surface area contributed by atoms with Crippen molar-refractivity contribution in [3.63, 3.8) is 0 Å². The second kappa shape index (κ2) is 7.31. The Kier molecular flexibility index (Phi) is 4.73. The van der Waals surface area contributed by atoms with Crippen LogP contribution in [0.3, 0.4) is 0 Å². The standard InChI is InChI=1S/C19H24N6O/c1-26-16-4-2-15(3-5-16)24-19-17-13(10-21-18(17)22-12-23-19)11-25-8-6-14(20)7-9-25/h2-5,10,12,14H,6-9,11,20H2,1H3,(H2,21,22,23,24). The monoisotopic (exact) mass is 352 g/mol. The molecule has 7 nitrogen and oxygen atoms in total. The van der Waals surface area contributed by atoms with Crippen LogP contribution in [0.15, 0.2) is 36.8 Å². The van der Waals surface area contributed by atoms with Crippen molar-refractivity contribution in [3.05, 3.63) is 42.4 Å². The van der Waals surface area contributed by atoms with E-state index >= 15 is 0 Å². The van der Waals surface area contributed by atoms with Gasteiger partial charge < -0.3 is 20.8 Å². The largest absolute Gasteiger partial charge is 0.497 e. The van der Waals surface area contributed by atoms with Crippen LogP contribution in [0, 0.1) is 0 Å². The molecule has 1 fully saturated rings. The van der Waals surface area contributed by atoms with Crippen LogP contribution >= 0.6 is 0 Å². The molecule has 3 heterocycles. The summed E-state index contributed by atoms with van der Waals surface area (Å²) in [5, 5.41) is 4.44. The third-order valence-electron chi connectivity index (χ3n) is 4.93. The SMILES string of the molecule is COc1ccc(Nc2ncnc3[nH]cc(CN4CCC(N)CC4)c23)cc1. The van der Waals surface area contributed by atoms with Crippen molar-refractivity contribution in [1.29, 1.82) is 0 Å². The summed E-state index contributed by atoms with van der Waals surface area (Å²) in [4.78, 5) is 14.6. The summed E-state index contributed by atoms with van der Waals surface area (Å²) in [7, 11) is 1.66. The first kappa shape index (κ1) is 16.8. The van der Waals surface area contributed by atoms with Gasteiger partial charge in [0.25, 0.3) is 0 Å². The molecular formula is C19H24N6O. The van der Waals surface area contributed by atoms with Crippen molar-refractivity contribution in [3.8, 4) is 5.75 Å². The molecule has 0 radical (unpaired) electrons. The van der Waals surface area contributed by atoms with E-state index in [1.807, 2.05) is 30.5 Å². The van der Waals surface area contributed by atoms with Gasteiger partial charge in [-0.1, -0.05) is 0 Å². The van der Waals surface area contributed by atoms with Gasteiger partial charge >= 0.3 is 0 Å². The Morgan fingerprint density at radius 3 is 2.73 bits per heavy atom. The Morgan fingerprint density at radius 1 is 1.23 bits per heavy atom. The van der Waals surface area contributed by atoms with Gasteiger partial charge in [0.1, 0.15) is 23.5 Å². The van der Waals surface area contributed by atoms with Crippen LogP contribution in [-0.2, 0) is 6.54 Å². The van der Waals surface area contributed by atoms with Crippen LogP contribution in [0.1, 0.15) is 18.4 Å².